The van der Waals surface area contributed by atoms with Crippen LogP contribution in [-0.2, 0) is 9.53 Å². The van der Waals surface area contributed by atoms with Crippen LogP contribution in [0.15, 0.2) is 0 Å². The maximum atomic E-state index is 11.4. The van der Waals surface area contributed by atoms with Crippen LogP contribution < -0.4 is 0 Å². The van der Waals surface area contributed by atoms with Crippen LogP contribution in [0, 0.1) is 5.92 Å². The number of methoxy groups -OCH3 is 1. The Hall–Kier alpha value is -0.860. The van der Waals surface area contributed by atoms with Gasteiger partial charge in [0.15, 0.2) is 18.3 Å². The molecule has 1 atom stereocenters. The molecule has 2 rings (SSSR count). The van der Waals surface area contributed by atoms with Crippen LogP contribution in [0.4, 0.5) is 0 Å². The van der Waals surface area contributed by atoms with Crippen molar-refractivity contribution in [3.05, 3.63) is 0 Å². The molecule has 2 aliphatic rings. The molecular formula is C11H18NO2+. The number of carbonyl (C=O) groups excluding carboxylic acids is 1. The molecule has 0 aromatic heterocycles. The fraction of sp³-hybridized carbons (Fsp3) is 0.818. The largest absolute Gasteiger partial charge is 0.469 e. The summed E-state index contributed by atoms with van der Waals surface area (Å²) in [6.45, 7) is 3.02. The van der Waals surface area contributed by atoms with Crippen molar-refractivity contribution in [3.63, 3.8) is 0 Å². The summed E-state index contributed by atoms with van der Waals surface area (Å²) in [7, 11) is 1.48. The third kappa shape index (κ3) is 1.56. The van der Waals surface area contributed by atoms with Gasteiger partial charge in [0.25, 0.3) is 0 Å². The van der Waals surface area contributed by atoms with Crippen molar-refractivity contribution < 1.29 is 14.1 Å². The predicted octanol–water partition coefficient (Wildman–Crippen LogP) is 1.21. The summed E-state index contributed by atoms with van der Waals surface area (Å²) in [6.07, 6.45) is 4.83. The molecule has 0 bridgehead atoms. The second-order valence-electron chi connectivity index (χ2n) is 4.40. The second-order valence-corrected chi connectivity index (χ2v) is 4.40. The van der Waals surface area contributed by atoms with Gasteiger partial charge in [-0.05, 0) is 6.42 Å². The van der Waals surface area contributed by atoms with E-state index in [4.69, 9.17) is 4.74 Å². The summed E-state index contributed by atoms with van der Waals surface area (Å²) >= 11 is 0. The van der Waals surface area contributed by atoms with Gasteiger partial charge in [-0.25, -0.2) is 4.58 Å². The monoisotopic (exact) mass is 196 g/mol. The van der Waals surface area contributed by atoms with Gasteiger partial charge in [0, 0.05) is 26.2 Å². The minimum atomic E-state index is -0.0498. The van der Waals surface area contributed by atoms with E-state index in [-0.39, 0.29) is 11.9 Å². The lowest BCUT2D eigenvalue weighted by atomic mass is 9.92. The van der Waals surface area contributed by atoms with E-state index < -0.39 is 0 Å². The first-order chi connectivity index (χ1) is 6.72. The zero-order valence-corrected chi connectivity index (χ0v) is 8.95. The van der Waals surface area contributed by atoms with Gasteiger partial charge in [-0.1, -0.05) is 0 Å². The molecule has 3 heteroatoms. The van der Waals surface area contributed by atoms with Gasteiger partial charge in [-0.3, -0.25) is 4.79 Å². The summed E-state index contributed by atoms with van der Waals surface area (Å²) in [5.41, 5.74) is 1.37. The standard InChI is InChI=1S/C11H18NO2/c1-8-6-9(11(13)14-2)7-12(8)10-4-3-5-10/h9-10H,3-7H2,1-2H3/q+1. The molecule has 1 aliphatic carbocycles. The van der Waals surface area contributed by atoms with E-state index in [1.807, 2.05) is 0 Å². The molecule has 1 saturated carbocycles. The molecule has 78 valence electrons. The van der Waals surface area contributed by atoms with E-state index in [1.165, 1.54) is 32.1 Å². The average Bonchev–Trinajstić information content (AvgIpc) is 2.44. The highest BCUT2D eigenvalue weighted by Crippen LogP contribution is 2.27. The number of esters is 1. The van der Waals surface area contributed by atoms with Crippen LogP contribution in [0.25, 0.3) is 0 Å². The topological polar surface area (TPSA) is 29.3 Å². The van der Waals surface area contributed by atoms with Gasteiger partial charge in [0.05, 0.1) is 7.11 Å². The Morgan fingerprint density at radius 3 is 2.71 bits per heavy atom. The van der Waals surface area contributed by atoms with E-state index in [9.17, 15) is 4.79 Å². The molecule has 3 nitrogen and oxygen atoms in total. The Labute approximate surface area is 84.8 Å². The fourth-order valence-electron chi connectivity index (χ4n) is 2.42. The van der Waals surface area contributed by atoms with Gasteiger partial charge >= 0.3 is 5.97 Å². The van der Waals surface area contributed by atoms with Crippen LogP contribution in [0.3, 0.4) is 0 Å². The lowest BCUT2D eigenvalue weighted by molar-refractivity contribution is -0.574. The maximum absolute atomic E-state index is 11.4. The smallest absolute Gasteiger partial charge is 0.315 e. The SMILES string of the molecule is COC(=O)C1CC(C)=[N+](C2CCC2)C1. The first-order valence-electron chi connectivity index (χ1n) is 5.39. The molecule has 0 aromatic carbocycles. The zero-order chi connectivity index (χ0) is 10.1. The minimum Gasteiger partial charge on any atom is -0.469 e. The van der Waals surface area contributed by atoms with Crippen molar-refractivity contribution in [2.24, 2.45) is 5.92 Å². The minimum absolute atomic E-state index is 0.0498. The van der Waals surface area contributed by atoms with Crippen molar-refractivity contribution in [2.75, 3.05) is 13.7 Å². The number of carbonyl (C=O) groups is 1. The molecule has 1 heterocycles. The van der Waals surface area contributed by atoms with E-state index in [0.717, 1.165) is 13.0 Å². The first-order valence-corrected chi connectivity index (χ1v) is 5.39. The third-order valence-electron chi connectivity index (χ3n) is 3.50. The molecule has 1 aliphatic heterocycles. The predicted molar refractivity (Wildman–Crippen MR) is 53.6 cm³/mol. The van der Waals surface area contributed by atoms with Gasteiger partial charge < -0.3 is 4.74 Å². The van der Waals surface area contributed by atoms with Crippen LogP contribution in [0.1, 0.15) is 32.6 Å². The molecule has 0 N–H and O–H groups in total. The summed E-state index contributed by atoms with van der Waals surface area (Å²) in [5, 5.41) is 0. The number of rotatable bonds is 2. The molecule has 0 aromatic rings. The zero-order valence-electron chi connectivity index (χ0n) is 8.95. The molecule has 1 fully saturated rings. The quantitative estimate of drug-likeness (QED) is 0.490. The average molecular weight is 196 g/mol. The number of nitrogens with zero attached hydrogens (tertiary/aromatic N) is 1. The Morgan fingerprint density at radius 2 is 2.21 bits per heavy atom. The highest BCUT2D eigenvalue weighted by atomic mass is 16.5. The van der Waals surface area contributed by atoms with Crippen molar-refractivity contribution in [1.29, 1.82) is 0 Å². The summed E-state index contributed by atoms with van der Waals surface area (Å²) in [4.78, 5) is 11.4. The Morgan fingerprint density at radius 1 is 1.50 bits per heavy atom. The second kappa shape index (κ2) is 3.71. The van der Waals surface area contributed by atoms with Crippen molar-refractivity contribution in [3.8, 4) is 0 Å². The van der Waals surface area contributed by atoms with Gasteiger partial charge in [0.2, 0.25) is 0 Å². The molecule has 0 saturated heterocycles. The summed E-state index contributed by atoms with van der Waals surface area (Å²) in [6, 6.07) is 0.713. The van der Waals surface area contributed by atoms with Crippen LogP contribution in [0.2, 0.25) is 0 Å². The number of hydrogen-bond donors (Lipinski definition) is 0. The normalized spacial score (nSPS) is 27.7. The molecule has 0 spiro atoms. The van der Waals surface area contributed by atoms with Crippen molar-refractivity contribution >= 4 is 11.7 Å². The fourth-order valence-corrected chi connectivity index (χ4v) is 2.42. The molecule has 1 unspecified atom stereocenters. The van der Waals surface area contributed by atoms with E-state index in [1.54, 1.807) is 0 Å². The lowest BCUT2D eigenvalue weighted by Crippen LogP contribution is -2.35. The van der Waals surface area contributed by atoms with Gasteiger partial charge in [0.1, 0.15) is 5.92 Å². The van der Waals surface area contributed by atoms with Gasteiger partial charge in [-0.2, -0.15) is 0 Å². The Balaban J connectivity index is 1.99. The van der Waals surface area contributed by atoms with E-state index >= 15 is 0 Å². The number of ether oxygens (including phenoxy) is 1. The highest BCUT2D eigenvalue weighted by molar-refractivity contribution is 5.85. The lowest BCUT2D eigenvalue weighted by Gasteiger charge is -2.22. The summed E-state index contributed by atoms with van der Waals surface area (Å²) < 4.78 is 7.19. The molecular weight excluding hydrogens is 178 g/mol. The van der Waals surface area contributed by atoms with Gasteiger partial charge in [-0.15, -0.1) is 0 Å². The highest BCUT2D eigenvalue weighted by Gasteiger charge is 2.40. The van der Waals surface area contributed by atoms with Crippen LogP contribution >= 0.6 is 0 Å². The van der Waals surface area contributed by atoms with Crippen molar-refractivity contribution in [1.82, 2.24) is 0 Å². The molecule has 0 radical (unpaired) electrons. The Kier molecular flexibility index (Phi) is 2.57. The Bertz CT molecular complexity index is 279. The molecule has 14 heavy (non-hydrogen) atoms. The van der Waals surface area contributed by atoms with Crippen LogP contribution in [-0.4, -0.2) is 36.0 Å². The number of hydrogen-bond acceptors (Lipinski definition) is 2. The van der Waals surface area contributed by atoms with E-state index in [2.05, 4.69) is 11.5 Å². The van der Waals surface area contributed by atoms with E-state index in [0.29, 0.717) is 6.04 Å². The first kappa shape index (κ1) is 9.69. The third-order valence-corrected chi connectivity index (χ3v) is 3.50. The van der Waals surface area contributed by atoms with Crippen molar-refractivity contribution in [2.45, 2.75) is 38.6 Å². The maximum Gasteiger partial charge on any atom is 0.315 e. The molecule has 0 amide bonds. The summed E-state index contributed by atoms with van der Waals surface area (Å²) in [5.74, 6) is 0.0340. The van der Waals surface area contributed by atoms with Crippen LogP contribution in [0.5, 0.6) is 0 Å².